The van der Waals surface area contributed by atoms with E-state index in [2.05, 4.69) is 5.10 Å². The van der Waals surface area contributed by atoms with Crippen LogP contribution in [-0.4, -0.2) is 41.7 Å². The molecule has 1 rings (SSSR count). The molecule has 0 aliphatic heterocycles. The SMILES string of the molecule is COc1cn(C)nc(C(=O)/C=C/N(C)C)c1=O. The Balaban J connectivity index is 3.18. The Labute approximate surface area is 99.1 Å². The molecule has 0 saturated carbocycles. The molecule has 6 nitrogen and oxygen atoms in total. The van der Waals surface area contributed by atoms with Crippen molar-refractivity contribution in [3.63, 3.8) is 0 Å². The second-order valence-corrected chi connectivity index (χ2v) is 3.69. The Morgan fingerprint density at radius 3 is 2.71 bits per heavy atom. The molecule has 1 aromatic rings. The number of aryl methyl sites for hydroxylation is 1. The number of nitrogens with zero attached hydrogens (tertiary/aromatic N) is 3. The van der Waals surface area contributed by atoms with Gasteiger partial charge in [-0.15, -0.1) is 0 Å². The summed E-state index contributed by atoms with van der Waals surface area (Å²) in [6.07, 6.45) is 4.28. The van der Waals surface area contributed by atoms with Crippen molar-refractivity contribution < 1.29 is 9.53 Å². The maximum Gasteiger partial charge on any atom is 0.253 e. The Kier molecular flexibility index (Phi) is 4.03. The molecule has 0 aliphatic carbocycles. The van der Waals surface area contributed by atoms with Crippen molar-refractivity contribution in [2.75, 3.05) is 21.2 Å². The van der Waals surface area contributed by atoms with Crippen LogP contribution in [0.5, 0.6) is 5.75 Å². The molecule has 0 amide bonds. The first kappa shape index (κ1) is 13.0. The van der Waals surface area contributed by atoms with Crippen molar-refractivity contribution in [3.8, 4) is 5.75 Å². The van der Waals surface area contributed by atoms with E-state index >= 15 is 0 Å². The van der Waals surface area contributed by atoms with Crippen LogP contribution in [0, 0.1) is 0 Å². The first-order valence-corrected chi connectivity index (χ1v) is 4.96. The van der Waals surface area contributed by atoms with Crippen LogP contribution < -0.4 is 10.2 Å². The fourth-order valence-corrected chi connectivity index (χ4v) is 1.18. The third-order valence-electron chi connectivity index (χ3n) is 1.98. The molecule has 0 aromatic carbocycles. The van der Waals surface area contributed by atoms with E-state index in [0.29, 0.717) is 0 Å². The highest BCUT2D eigenvalue weighted by atomic mass is 16.5. The summed E-state index contributed by atoms with van der Waals surface area (Å²) in [5.41, 5.74) is -0.649. The van der Waals surface area contributed by atoms with E-state index in [4.69, 9.17) is 4.74 Å². The molecule has 0 unspecified atom stereocenters. The molecule has 0 N–H and O–H groups in total. The van der Waals surface area contributed by atoms with Gasteiger partial charge in [0.2, 0.25) is 5.78 Å². The summed E-state index contributed by atoms with van der Waals surface area (Å²) in [7, 11) is 6.55. The molecule has 17 heavy (non-hydrogen) atoms. The average molecular weight is 237 g/mol. The zero-order chi connectivity index (χ0) is 13.0. The molecule has 0 saturated heterocycles. The van der Waals surface area contributed by atoms with Crippen molar-refractivity contribution in [1.82, 2.24) is 14.7 Å². The summed E-state index contributed by atoms with van der Waals surface area (Å²) in [4.78, 5) is 25.2. The molecule has 1 heterocycles. The van der Waals surface area contributed by atoms with Gasteiger partial charge in [0.05, 0.1) is 13.3 Å². The van der Waals surface area contributed by atoms with Gasteiger partial charge in [-0.1, -0.05) is 0 Å². The minimum absolute atomic E-state index is 0.101. The van der Waals surface area contributed by atoms with Gasteiger partial charge in [-0.05, 0) is 0 Å². The predicted molar refractivity (Wildman–Crippen MR) is 63.2 cm³/mol. The number of methoxy groups -OCH3 is 1. The molecule has 0 radical (unpaired) electrons. The lowest BCUT2D eigenvalue weighted by Crippen LogP contribution is -2.21. The number of rotatable bonds is 4. The van der Waals surface area contributed by atoms with Crippen LogP contribution >= 0.6 is 0 Å². The van der Waals surface area contributed by atoms with Crippen molar-refractivity contribution in [3.05, 3.63) is 34.4 Å². The number of carbonyl (C=O) groups is 1. The van der Waals surface area contributed by atoms with Crippen molar-refractivity contribution in [2.24, 2.45) is 7.05 Å². The first-order chi connectivity index (χ1) is 7.95. The van der Waals surface area contributed by atoms with E-state index in [-0.39, 0.29) is 11.4 Å². The van der Waals surface area contributed by atoms with E-state index in [0.717, 1.165) is 0 Å². The largest absolute Gasteiger partial charge is 0.491 e. The van der Waals surface area contributed by atoms with Crippen molar-refractivity contribution in [1.29, 1.82) is 0 Å². The lowest BCUT2D eigenvalue weighted by molar-refractivity contribution is 0.103. The van der Waals surface area contributed by atoms with E-state index in [1.54, 1.807) is 32.2 Å². The summed E-state index contributed by atoms with van der Waals surface area (Å²) in [5.74, 6) is -0.345. The summed E-state index contributed by atoms with van der Waals surface area (Å²) >= 11 is 0. The smallest absolute Gasteiger partial charge is 0.253 e. The van der Waals surface area contributed by atoms with Crippen LogP contribution in [0.2, 0.25) is 0 Å². The van der Waals surface area contributed by atoms with Gasteiger partial charge in [0.15, 0.2) is 11.4 Å². The van der Waals surface area contributed by atoms with E-state index < -0.39 is 11.2 Å². The quantitative estimate of drug-likeness (QED) is 0.546. The van der Waals surface area contributed by atoms with Crippen LogP contribution in [0.1, 0.15) is 10.5 Å². The highest BCUT2D eigenvalue weighted by Gasteiger charge is 2.14. The van der Waals surface area contributed by atoms with Gasteiger partial charge in [-0.3, -0.25) is 14.3 Å². The highest BCUT2D eigenvalue weighted by Crippen LogP contribution is 2.02. The van der Waals surface area contributed by atoms with Gasteiger partial charge < -0.3 is 9.64 Å². The summed E-state index contributed by atoms with van der Waals surface area (Å²) in [6.45, 7) is 0. The summed E-state index contributed by atoms with van der Waals surface area (Å²) in [6, 6.07) is 0. The van der Waals surface area contributed by atoms with Crippen molar-refractivity contribution in [2.45, 2.75) is 0 Å². The number of hydrogen-bond acceptors (Lipinski definition) is 5. The number of aromatic nitrogens is 2. The predicted octanol–water partition coefficient (Wildman–Crippen LogP) is 0.0469. The summed E-state index contributed by atoms with van der Waals surface area (Å²) < 4.78 is 6.25. The molecule has 1 aromatic heterocycles. The molecule has 92 valence electrons. The lowest BCUT2D eigenvalue weighted by atomic mass is 10.2. The van der Waals surface area contributed by atoms with Gasteiger partial charge in [-0.25, -0.2) is 0 Å². The number of ether oxygens (including phenoxy) is 1. The molecular formula is C11H15N3O3. The lowest BCUT2D eigenvalue weighted by Gasteiger charge is -2.05. The maximum absolute atomic E-state index is 11.8. The molecule has 0 fully saturated rings. The number of hydrogen-bond donors (Lipinski definition) is 0. The maximum atomic E-state index is 11.8. The number of carbonyl (C=O) groups excluding carboxylic acids is 1. The Morgan fingerprint density at radius 2 is 2.18 bits per heavy atom. The minimum atomic E-state index is -0.501. The topological polar surface area (TPSA) is 64.4 Å². The van der Waals surface area contributed by atoms with Gasteiger partial charge in [0.1, 0.15) is 0 Å². The molecule has 0 atom stereocenters. The van der Waals surface area contributed by atoms with Gasteiger partial charge in [0, 0.05) is 33.4 Å². The Bertz CT molecular complexity index is 503. The molecule has 0 spiro atoms. The molecule has 0 bridgehead atoms. The highest BCUT2D eigenvalue weighted by molar-refractivity contribution is 6.02. The average Bonchev–Trinajstić information content (AvgIpc) is 2.28. The second-order valence-electron chi connectivity index (χ2n) is 3.69. The van der Waals surface area contributed by atoms with E-state index in [9.17, 15) is 9.59 Å². The monoisotopic (exact) mass is 237 g/mol. The number of allylic oxidation sites excluding steroid dienone is 1. The van der Waals surface area contributed by atoms with Crippen LogP contribution in [0.3, 0.4) is 0 Å². The normalized spacial score (nSPS) is 10.6. The van der Waals surface area contributed by atoms with Crippen LogP contribution in [0.25, 0.3) is 0 Å². The third-order valence-corrected chi connectivity index (χ3v) is 1.98. The Hall–Kier alpha value is -2.11. The Morgan fingerprint density at radius 1 is 1.53 bits per heavy atom. The van der Waals surface area contributed by atoms with E-state index in [1.807, 2.05) is 0 Å². The fraction of sp³-hybridized carbons (Fsp3) is 0.364. The summed E-state index contributed by atoms with van der Waals surface area (Å²) in [5, 5.41) is 3.86. The molecular weight excluding hydrogens is 222 g/mol. The van der Waals surface area contributed by atoms with Crippen LogP contribution in [0.4, 0.5) is 0 Å². The standard InChI is InChI=1S/C11H15N3O3/c1-13(2)6-5-8(15)10-11(16)9(17-4)7-14(3)12-10/h5-7H,1-4H3/b6-5+. The minimum Gasteiger partial charge on any atom is -0.491 e. The third kappa shape index (κ3) is 3.17. The van der Waals surface area contributed by atoms with E-state index in [1.165, 1.54) is 24.1 Å². The first-order valence-electron chi connectivity index (χ1n) is 4.96. The zero-order valence-electron chi connectivity index (χ0n) is 10.3. The van der Waals surface area contributed by atoms with Gasteiger partial charge in [0.25, 0.3) is 5.43 Å². The van der Waals surface area contributed by atoms with Crippen molar-refractivity contribution >= 4 is 5.78 Å². The zero-order valence-corrected chi connectivity index (χ0v) is 10.3. The fourth-order valence-electron chi connectivity index (χ4n) is 1.18. The van der Waals surface area contributed by atoms with Gasteiger partial charge >= 0.3 is 0 Å². The molecule has 6 heteroatoms. The molecule has 0 aliphatic rings. The number of ketones is 1. The van der Waals surface area contributed by atoms with Crippen LogP contribution in [0.15, 0.2) is 23.3 Å². The van der Waals surface area contributed by atoms with Gasteiger partial charge in [-0.2, -0.15) is 5.10 Å². The van der Waals surface area contributed by atoms with Crippen LogP contribution in [-0.2, 0) is 7.05 Å². The second kappa shape index (κ2) is 5.29.